The maximum absolute atomic E-state index is 10.6. The minimum atomic E-state index is -0.185. The Bertz CT molecular complexity index is 154. The Kier molecular flexibility index (Phi) is 5.71. The fourth-order valence-electron chi connectivity index (χ4n) is 1.27. The summed E-state index contributed by atoms with van der Waals surface area (Å²) in [7, 11) is 1.93. The number of likely N-dealkylation sites (N-methyl/N-ethyl adjacent to an activating group) is 1. The van der Waals surface area contributed by atoms with Crippen molar-refractivity contribution in [2.75, 3.05) is 13.6 Å². The van der Waals surface area contributed by atoms with Gasteiger partial charge in [-0.1, -0.05) is 20.8 Å². The molecule has 3 heteroatoms. The predicted molar refractivity (Wildman–Crippen MR) is 55.4 cm³/mol. The highest BCUT2D eigenvalue weighted by Gasteiger charge is 2.24. The molecule has 0 spiro atoms. The number of likely N-dealkylation sites (tertiary alicyclic amines) is 1. The molecule has 13 heavy (non-hydrogen) atoms. The van der Waals surface area contributed by atoms with Crippen LogP contribution in [0.2, 0.25) is 0 Å². The van der Waals surface area contributed by atoms with Crippen LogP contribution in [0.3, 0.4) is 0 Å². The van der Waals surface area contributed by atoms with E-state index < -0.39 is 0 Å². The Morgan fingerprint density at radius 2 is 1.92 bits per heavy atom. The number of rotatable bonds is 1. The van der Waals surface area contributed by atoms with E-state index in [1.807, 2.05) is 11.9 Å². The molecular formula is C10H22N2O. The second-order valence-corrected chi connectivity index (χ2v) is 4.27. The lowest BCUT2D eigenvalue weighted by Gasteiger charge is -2.14. The van der Waals surface area contributed by atoms with Gasteiger partial charge in [0.25, 0.3) is 0 Å². The third kappa shape index (κ3) is 5.64. The molecule has 0 aromatic rings. The zero-order chi connectivity index (χ0) is 10.4. The summed E-state index contributed by atoms with van der Waals surface area (Å²) >= 11 is 0. The second-order valence-electron chi connectivity index (χ2n) is 4.27. The van der Waals surface area contributed by atoms with E-state index in [9.17, 15) is 4.79 Å². The molecule has 0 radical (unpaired) electrons. The molecule has 0 unspecified atom stereocenters. The highest BCUT2D eigenvalue weighted by atomic mass is 16.1. The molecule has 78 valence electrons. The first-order chi connectivity index (χ1) is 5.95. The van der Waals surface area contributed by atoms with E-state index in [2.05, 4.69) is 20.8 Å². The number of hydrogen-bond acceptors (Lipinski definition) is 2. The quantitative estimate of drug-likeness (QED) is 0.669. The average Bonchev–Trinajstić information content (AvgIpc) is 2.33. The number of primary amides is 1. The van der Waals surface area contributed by atoms with Crippen molar-refractivity contribution < 1.29 is 4.79 Å². The average molecular weight is 186 g/mol. The van der Waals surface area contributed by atoms with E-state index in [1.54, 1.807) is 0 Å². The first kappa shape index (κ1) is 12.4. The highest BCUT2D eigenvalue weighted by molar-refractivity contribution is 5.80. The van der Waals surface area contributed by atoms with Gasteiger partial charge in [0.05, 0.1) is 6.04 Å². The molecule has 0 saturated carbocycles. The lowest BCUT2D eigenvalue weighted by molar-refractivity contribution is -0.121. The minimum Gasteiger partial charge on any atom is -0.368 e. The molecule has 0 aromatic carbocycles. The van der Waals surface area contributed by atoms with Gasteiger partial charge in [-0.05, 0) is 32.4 Å². The highest BCUT2D eigenvalue weighted by Crippen LogP contribution is 2.13. The van der Waals surface area contributed by atoms with E-state index in [1.165, 1.54) is 0 Å². The Hall–Kier alpha value is -0.570. The van der Waals surface area contributed by atoms with Crippen molar-refractivity contribution >= 4 is 5.91 Å². The number of hydrogen-bond donors (Lipinski definition) is 1. The SMILES string of the molecule is CC(C)C.CN1CCC[C@@H]1C(N)=O. The third-order valence-corrected chi connectivity index (χ3v) is 1.85. The number of nitrogens with zero attached hydrogens (tertiary/aromatic N) is 1. The van der Waals surface area contributed by atoms with E-state index in [-0.39, 0.29) is 11.9 Å². The Balaban J connectivity index is 0.000000310. The molecule has 0 aromatic heterocycles. The minimum absolute atomic E-state index is 0.00463. The van der Waals surface area contributed by atoms with Crippen LogP contribution in [0.25, 0.3) is 0 Å². The summed E-state index contributed by atoms with van der Waals surface area (Å²) in [5, 5.41) is 0. The van der Waals surface area contributed by atoms with Crippen LogP contribution in [0.1, 0.15) is 33.6 Å². The number of nitrogens with two attached hydrogens (primary N) is 1. The fraction of sp³-hybridized carbons (Fsp3) is 0.900. The van der Waals surface area contributed by atoms with Crippen molar-refractivity contribution in [2.45, 2.75) is 39.7 Å². The maximum Gasteiger partial charge on any atom is 0.234 e. The van der Waals surface area contributed by atoms with E-state index in [0.29, 0.717) is 0 Å². The molecule has 0 aliphatic carbocycles. The zero-order valence-corrected chi connectivity index (χ0v) is 9.21. The molecule has 1 saturated heterocycles. The van der Waals surface area contributed by atoms with Crippen LogP contribution in [0, 0.1) is 5.92 Å². The van der Waals surface area contributed by atoms with Crippen LogP contribution in [0.15, 0.2) is 0 Å². The summed E-state index contributed by atoms with van der Waals surface area (Å²) in [4.78, 5) is 12.6. The van der Waals surface area contributed by atoms with Gasteiger partial charge >= 0.3 is 0 Å². The molecule has 1 aliphatic heterocycles. The van der Waals surface area contributed by atoms with E-state index >= 15 is 0 Å². The van der Waals surface area contributed by atoms with Crippen molar-refractivity contribution in [3.8, 4) is 0 Å². The van der Waals surface area contributed by atoms with Gasteiger partial charge in [-0.3, -0.25) is 9.69 Å². The van der Waals surface area contributed by atoms with Crippen molar-refractivity contribution in [3.05, 3.63) is 0 Å². The van der Waals surface area contributed by atoms with Crippen LogP contribution in [-0.2, 0) is 4.79 Å². The Morgan fingerprint density at radius 3 is 2.08 bits per heavy atom. The predicted octanol–water partition coefficient (Wildman–Crippen LogP) is 1.23. The van der Waals surface area contributed by atoms with Gasteiger partial charge in [-0.25, -0.2) is 0 Å². The fourth-order valence-corrected chi connectivity index (χ4v) is 1.27. The summed E-state index contributed by atoms with van der Waals surface area (Å²) in [6.45, 7) is 7.51. The molecule has 1 rings (SSSR count). The number of carbonyl (C=O) groups is 1. The van der Waals surface area contributed by atoms with Gasteiger partial charge < -0.3 is 5.73 Å². The van der Waals surface area contributed by atoms with Crippen molar-refractivity contribution in [1.29, 1.82) is 0 Å². The van der Waals surface area contributed by atoms with E-state index in [0.717, 1.165) is 25.3 Å². The monoisotopic (exact) mass is 186 g/mol. The second kappa shape index (κ2) is 5.97. The molecule has 1 fully saturated rings. The van der Waals surface area contributed by atoms with Gasteiger partial charge in [0.15, 0.2) is 0 Å². The molecule has 2 N–H and O–H groups in total. The first-order valence-corrected chi connectivity index (χ1v) is 4.94. The molecule has 1 atom stereocenters. The van der Waals surface area contributed by atoms with Crippen LogP contribution >= 0.6 is 0 Å². The third-order valence-electron chi connectivity index (χ3n) is 1.85. The summed E-state index contributed by atoms with van der Waals surface area (Å²) in [5.41, 5.74) is 5.11. The smallest absolute Gasteiger partial charge is 0.234 e. The van der Waals surface area contributed by atoms with Gasteiger partial charge in [-0.15, -0.1) is 0 Å². The van der Waals surface area contributed by atoms with Crippen LogP contribution in [0.5, 0.6) is 0 Å². The summed E-state index contributed by atoms with van der Waals surface area (Å²) in [6.07, 6.45) is 2.04. The Morgan fingerprint density at radius 1 is 1.46 bits per heavy atom. The summed E-state index contributed by atoms with van der Waals surface area (Å²) in [6, 6.07) is 0.00463. The maximum atomic E-state index is 10.6. The normalized spacial score (nSPS) is 22.7. The molecule has 3 nitrogen and oxygen atoms in total. The van der Waals surface area contributed by atoms with Crippen LogP contribution in [-0.4, -0.2) is 30.4 Å². The number of carbonyl (C=O) groups excluding carboxylic acids is 1. The van der Waals surface area contributed by atoms with E-state index in [4.69, 9.17) is 5.73 Å². The lowest BCUT2D eigenvalue weighted by atomic mass is 10.2. The van der Waals surface area contributed by atoms with Gasteiger partial charge in [0.2, 0.25) is 5.91 Å². The Labute approximate surface area is 81.3 Å². The van der Waals surface area contributed by atoms with Crippen molar-refractivity contribution in [3.63, 3.8) is 0 Å². The van der Waals surface area contributed by atoms with Crippen molar-refractivity contribution in [2.24, 2.45) is 11.7 Å². The van der Waals surface area contributed by atoms with Gasteiger partial charge in [0, 0.05) is 0 Å². The number of amides is 1. The zero-order valence-electron chi connectivity index (χ0n) is 9.21. The molecular weight excluding hydrogens is 164 g/mol. The topological polar surface area (TPSA) is 46.3 Å². The van der Waals surface area contributed by atoms with Crippen LogP contribution < -0.4 is 5.73 Å². The molecule has 1 aliphatic rings. The summed E-state index contributed by atoms with van der Waals surface area (Å²) < 4.78 is 0. The standard InChI is InChI=1S/C6H12N2O.C4H10/c1-8-4-2-3-5(8)6(7)9;1-4(2)3/h5H,2-4H2,1H3,(H2,7,9);4H,1-3H3/t5-;/m1./s1. The van der Waals surface area contributed by atoms with Crippen LogP contribution in [0.4, 0.5) is 0 Å². The van der Waals surface area contributed by atoms with Crippen molar-refractivity contribution in [1.82, 2.24) is 4.90 Å². The van der Waals surface area contributed by atoms with Gasteiger partial charge in [0.1, 0.15) is 0 Å². The molecule has 0 bridgehead atoms. The lowest BCUT2D eigenvalue weighted by Crippen LogP contribution is -2.37. The first-order valence-electron chi connectivity index (χ1n) is 4.94. The summed E-state index contributed by atoms with van der Waals surface area (Å²) in [5.74, 6) is 0.648. The molecule has 1 heterocycles. The van der Waals surface area contributed by atoms with Gasteiger partial charge in [-0.2, -0.15) is 0 Å². The molecule has 1 amide bonds. The largest absolute Gasteiger partial charge is 0.368 e.